The summed E-state index contributed by atoms with van der Waals surface area (Å²) in [6.07, 6.45) is 0. The number of benzene rings is 1. The van der Waals surface area contributed by atoms with Crippen LogP contribution >= 0.6 is 11.8 Å². The summed E-state index contributed by atoms with van der Waals surface area (Å²) in [5.41, 5.74) is 2.75. The van der Waals surface area contributed by atoms with Crippen molar-refractivity contribution in [3.05, 3.63) is 35.9 Å². The van der Waals surface area contributed by atoms with Crippen LogP contribution in [0.15, 0.2) is 35.5 Å². The van der Waals surface area contributed by atoms with Gasteiger partial charge in [0.2, 0.25) is 0 Å². The zero-order chi connectivity index (χ0) is 15.9. The summed E-state index contributed by atoms with van der Waals surface area (Å²) in [6.45, 7) is 7.90. The van der Waals surface area contributed by atoms with E-state index in [0.29, 0.717) is 5.75 Å². The van der Waals surface area contributed by atoms with E-state index in [1.165, 1.54) is 22.7 Å². The first-order chi connectivity index (χ1) is 10.4. The van der Waals surface area contributed by atoms with Gasteiger partial charge >= 0.3 is 0 Å². The molecule has 2 aromatic heterocycles. The van der Waals surface area contributed by atoms with Crippen molar-refractivity contribution < 1.29 is 4.79 Å². The normalized spacial score (nSPS) is 12.2. The number of Topliss-reactive ketones (excluding diaryl/α,β-unsaturated/α-hetero) is 1. The minimum atomic E-state index is -0.327. The molecule has 0 saturated carbocycles. The molecule has 0 aliphatic rings. The fraction of sp³-hybridized carbons (Fsp3) is 0.353. The second-order valence-electron chi connectivity index (χ2n) is 6.48. The van der Waals surface area contributed by atoms with E-state index < -0.39 is 0 Å². The van der Waals surface area contributed by atoms with E-state index in [4.69, 9.17) is 0 Å². The van der Waals surface area contributed by atoms with Crippen molar-refractivity contribution in [1.82, 2.24) is 14.6 Å². The lowest BCUT2D eigenvalue weighted by molar-refractivity contribution is -0.123. The van der Waals surface area contributed by atoms with Crippen LogP contribution in [0.3, 0.4) is 0 Å². The van der Waals surface area contributed by atoms with Crippen molar-refractivity contribution in [3.8, 4) is 0 Å². The summed E-state index contributed by atoms with van der Waals surface area (Å²) in [4.78, 5) is 12.1. The summed E-state index contributed by atoms with van der Waals surface area (Å²) in [5.74, 6) is 0.623. The summed E-state index contributed by atoms with van der Waals surface area (Å²) in [7, 11) is 0. The molecule has 4 nitrogen and oxygen atoms in total. The molecule has 0 bridgehead atoms. The molecule has 22 heavy (non-hydrogen) atoms. The highest BCUT2D eigenvalue weighted by Crippen LogP contribution is 2.27. The zero-order valence-electron chi connectivity index (χ0n) is 13.3. The Balaban J connectivity index is 2.05. The largest absolute Gasteiger partial charge is 0.298 e. The smallest absolute Gasteiger partial charge is 0.196 e. The van der Waals surface area contributed by atoms with Gasteiger partial charge < -0.3 is 0 Å². The molecule has 0 unspecified atom stereocenters. The van der Waals surface area contributed by atoms with Crippen molar-refractivity contribution in [2.24, 2.45) is 5.41 Å². The summed E-state index contributed by atoms with van der Waals surface area (Å²) in [5, 5.41) is 10.5. The van der Waals surface area contributed by atoms with Crippen molar-refractivity contribution in [1.29, 1.82) is 0 Å². The third-order valence-corrected chi connectivity index (χ3v) is 4.67. The number of aromatic nitrogens is 3. The maximum Gasteiger partial charge on any atom is 0.196 e. The van der Waals surface area contributed by atoms with Gasteiger partial charge in [-0.1, -0.05) is 50.7 Å². The van der Waals surface area contributed by atoms with Crippen LogP contribution in [-0.2, 0) is 4.79 Å². The lowest BCUT2D eigenvalue weighted by Gasteiger charge is -2.15. The van der Waals surface area contributed by atoms with Gasteiger partial charge in [-0.05, 0) is 24.6 Å². The third-order valence-electron chi connectivity index (χ3n) is 3.74. The van der Waals surface area contributed by atoms with E-state index in [1.807, 2.05) is 43.4 Å². The fourth-order valence-corrected chi connectivity index (χ4v) is 3.43. The molecule has 2 heterocycles. The molecule has 0 fully saturated rings. The van der Waals surface area contributed by atoms with Crippen LogP contribution in [0.4, 0.5) is 0 Å². The number of para-hydroxylation sites is 1. The third kappa shape index (κ3) is 2.61. The van der Waals surface area contributed by atoms with Gasteiger partial charge in [0, 0.05) is 10.8 Å². The summed E-state index contributed by atoms with van der Waals surface area (Å²) in [6, 6.07) is 10.2. The molecule has 0 aliphatic carbocycles. The number of aryl methyl sites for hydroxylation is 1. The molecule has 0 atom stereocenters. The Morgan fingerprint density at radius 1 is 1.23 bits per heavy atom. The predicted octanol–water partition coefficient (Wildman–Crippen LogP) is 3.90. The first-order valence-corrected chi connectivity index (χ1v) is 8.26. The standard InChI is InChI=1S/C17H19N3OS/c1-11-9-15-18-19-16(22-10-14(21)17(2,3)4)20(15)13-8-6-5-7-12(11)13/h5-9H,10H2,1-4H3. The Hall–Kier alpha value is -1.88. The van der Waals surface area contributed by atoms with E-state index in [0.717, 1.165) is 16.3 Å². The van der Waals surface area contributed by atoms with Crippen LogP contribution in [0.25, 0.3) is 16.6 Å². The lowest BCUT2D eigenvalue weighted by atomic mass is 9.92. The van der Waals surface area contributed by atoms with Gasteiger partial charge in [-0.2, -0.15) is 0 Å². The quantitative estimate of drug-likeness (QED) is 0.688. The highest BCUT2D eigenvalue weighted by Gasteiger charge is 2.22. The first kappa shape index (κ1) is 15.0. The van der Waals surface area contributed by atoms with Crippen LogP contribution in [-0.4, -0.2) is 26.1 Å². The number of hydrogen-bond donors (Lipinski definition) is 0. The molecule has 0 radical (unpaired) electrons. The van der Waals surface area contributed by atoms with Crippen molar-refractivity contribution in [2.75, 3.05) is 5.75 Å². The number of hydrogen-bond acceptors (Lipinski definition) is 4. The summed E-state index contributed by atoms with van der Waals surface area (Å²) < 4.78 is 2.03. The van der Waals surface area contributed by atoms with Crippen LogP contribution in [0.1, 0.15) is 26.3 Å². The maximum atomic E-state index is 12.1. The summed E-state index contributed by atoms with van der Waals surface area (Å²) >= 11 is 1.45. The minimum absolute atomic E-state index is 0.214. The van der Waals surface area contributed by atoms with Gasteiger partial charge in [-0.3, -0.25) is 9.20 Å². The molecule has 3 rings (SSSR count). The molecular weight excluding hydrogens is 294 g/mol. The SMILES string of the molecule is Cc1cc2nnc(SCC(=O)C(C)(C)C)n2c2ccccc12. The van der Waals surface area contributed by atoms with Gasteiger partial charge in [0.15, 0.2) is 10.8 Å². The van der Waals surface area contributed by atoms with E-state index in [1.54, 1.807) is 0 Å². The second kappa shape index (κ2) is 5.39. The Morgan fingerprint density at radius 3 is 2.68 bits per heavy atom. The van der Waals surface area contributed by atoms with Gasteiger partial charge in [0.05, 0.1) is 11.3 Å². The molecule has 5 heteroatoms. The topological polar surface area (TPSA) is 47.3 Å². The second-order valence-corrected chi connectivity index (χ2v) is 7.43. The van der Waals surface area contributed by atoms with Crippen molar-refractivity contribution >= 4 is 34.1 Å². The molecule has 0 N–H and O–H groups in total. The average molecular weight is 313 g/mol. The lowest BCUT2D eigenvalue weighted by Crippen LogP contribution is -2.22. The average Bonchev–Trinajstić information content (AvgIpc) is 2.87. The number of carbonyl (C=O) groups excluding carboxylic acids is 1. The first-order valence-electron chi connectivity index (χ1n) is 7.27. The van der Waals surface area contributed by atoms with Crippen LogP contribution < -0.4 is 0 Å². The van der Waals surface area contributed by atoms with E-state index in [2.05, 4.69) is 29.3 Å². The number of pyridine rings is 1. The van der Waals surface area contributed by atoms with Gasteiger partial charge in [-0.15, -0.1) is 10.2 Å². The van der Waals surface area contributed by atoms with Crippen molar-refractivity contribution in [2.45, 2.75) is 32.9 Å². The Kier molecular flexibility index (Phi) is 3.68. The molecule has 3 aromatic rings. The van der Waals surface area contributed by atoms with E-state index in [-0.39, 0.29) is 11.2 Å². The van der Waals surface area contributed by atoms with Gasteiger partial charge in [0.1, 0.15) is 5.78 Å². The van der Waals surface area contributed by atoms with E-state index in [9.17, 15) is 4.79 Å². The maximum absolute atomic E-state index is 12.1. The molecule has 0 saturated heterocycles. The van der Waals surface area contributed by atoms with Crippen molar-refractivity contribution in [3.63, 3.8) is 0 Å². The molecule has 114 valence electrons. The Labute approximate surface area is 133 Å². The van der Waals surface area contributed by atoms with Gasteiger partial charge in [-0.25, -0.2) is 0 Å². The van der Waals surface area contributed by atoms with Gasteiger partial charge in [0.25, 0.3) is 0 Å². The Morgan fingerprint density at radius 2 is 1.95 bits per heavy atom. The van der Waals surface area contributed by atoms with Crippen LogP contribution in [0, 0.1) is 12.3 Å². The molecule has 1 aromatic carbocycles. The fourth-order valence-electron chi connectivity index (χ4n) is 2.31. The number of carbonyl (C=O) groups is 1. The number of rotatable bonds is 3. The van der Waals surface area contributed by atoms with Crippen LogP contribution in [0.5, 0.6) is 0 Å². The number of ketones is 1. The molecule has 0 spiro atoms. The van der Waals surface area contributed by atoms with E-state index >= 15 is 0 Å². The predicted molar refractivity (Wildman–Crippen MR) is 90.4 cm³/mol. The number of fused-ring (bicyclic) bond motifs is 3. The highest BCUT2D eigenvalue weighted by atomic mass is 32.2. The highest BCUT2D eigenvalue weighted by molar-refractivity contribution is 7.99. The molecule has 0 amide bonds. The number of nitrogens with zero attached hydrogens (tertiary/aromatic N) is 3. The molecular formula is C17H19N3OS. The number of thioether (sulfide) groups is 1. The van der Waals surface area contributed by atoms with Crippen LogP contribution in [0.2, 0.25) is 0 Å². The molecule has 0 aliphatic heterocycles. The Bertz CT molecular complexity index is 861. The monoisotopic (exact) mass is 313 g/mol. The zero-order valence-corrected chi connectivity index (χ0v) is 14.1. The minimum Gasteiger partial charge on any atom is -0.298 e.